The molecule has 1 N–H and O–H groups in total. The zero-order valence-electron chi connectivity index (χ0n) is 11.0. The van der Waals surface area contributed by atoms with Gasteiger partial charge in [0.1, 0.15) is 0 Å². The average Bonchev–Trinajstić information content (AvgIpc) is 2.26. The predicted octanol–water partition coefficient (Wildman–Crippen LogP) is 0.0645. The summed E-state index contributed by atoms with van der Waals surface area (Å²) in [6.07, 6.45) is 1.38. The number of sulfonamides is 1. The normalized spacial score (nSPS) is 19.3. The maximum Gasteiger partial charge on any atom is 0.304 e. The zero-order chi connectivity index (χ0) is 13.8. The zero-order valence-corrected chi connectivity index (χ0v) is 11.8. The summed E-state index contributed by atoms with van der Waals surface area (Å²) in [6.45, 7) is 2.00. The first-order valence-corrected chi connectivity index (χ1v) is 7.76. The summed E-state index contributed by atoms with van der Waals surface area (Å²) in [7, 11) is 0.628. The number of hydrogen-bond donors (Lipinski definition) is 1. The Balaban J connectivity index is 2.44. The number of aliphatic carboxylic acids is 1. The van der Waals surface area contributed by atoms with Crippen LogP contribution in [0.25, 0.3) is 0 Å². The molecule has 1 saturated heterocycles. The van der Waals surface area contributed by atoms with Crippen LogP contribution in [0.15, 0.2) is 0 Å². The number of hydrogen-bond acceptors (Lipinski definition) is 4. The second-order valence-corrected chi connectivity index (χ2v) is 7.15. The Bertz CT molecular complexity index is 373. The van der Waals surface area contributed by atoms with Crippen molar-refractivity contribution in [3.8, 4) is 0 Å². The maximum atomic E-state index is 11.9. The van der Waals surface area contributed by atoms with Crippen molar-refractivity contribution in [3.05, 3.63) is 0 Å². The number of rotatable bonds is 6. The fourth-order valence-corrected chi connectivity index (χ4v) is 3.69. The van der Waals surface area contributed by atoms with Crippen molar-refractivity contribution >= 4 is 16.0 Å². The van der Waals surface area contributed by atoms with Crippen LogP contribution in [0.1, 0.15) is 19.3 Å². The predicted molar refractivity (Wildman–Crippen MR) is 68.9 cm³/mol. The van der Waals surface area contributed by atoms with Crippen LogP contribution in [-0.2, 0) is 14.8 Å². The van der Waals surface area contributed by atoms with E-state index < -0.39 is 16.0 Å². The summed E-state index contributed by atoms with van der Waals surface area (Å²) < 4.78 is 25.2. The third-order valence-electron chi connectivity index (χ3n) is 3.16. The van der Waals surface area contributed by atoms with Gasteiger partial charge in [0.2, 0.25) is 10.0 Å². The Labute approximate surface area is 109 Å². The molecule has 1 aliphatic heterocycles. The summed E-state index contributed by atoms with van der Waals surface area (Å²) in [5.74, 6) is -0.826. The molecule has 0 atom stereocenters. The van der Waals surface area contributed by atoms with Crippen LogP contribution in [0.3, 0.4) is 0 Å². The molecule has 6 nitrogen and oxygen atoms in total. The van der Waals surface area contributed by atoms with E-state index in [4.69, 9.17) is 5.11 Å². The van der Waals surface area contributed by atoms with Crippen LogP contribution in [-0.4, -0.2) is 68.2 Å². The van der Waals surface area contributed by atoms with Crippen molar-refractivity contribution < 1.29 is 18.3 Å². The molecule has 1 heterocycles. The van der Waals surface area contributed by atoms with Gasteiger partial charge in [-0.15, -0.1) is 0 Å². The van der Waals surface area contributed by atoms with Gasteiger partial charge >= 0.3 is 5.97 Å². The highest BCUT2D eigenvalue weighted by molar-refractivity contribution is 7.89. The largest absolute Gasteiger partial charge is 0.481 e. The second-order valence-electron chi connectivity index (χ2n) is 5.06. The third-order valence-corrected chi connectivity index (χ3v) is 5.04. The van der Waals surface area contributed by atoms with Crippen LogP contribution >= 0.6 is 0 Å². The van der Waals surface area contributed by atoms with Crippen LogP contribution in [0.5, 0.6) is 0 Å². The lowest BCUT2D eigenvalue weighted by atomic mass is 9.98. The van der Waals surface area contributed by atoms with Crippen molar-refractivity contribution in [2.24, 2.45) is 5.92 Å². The molecule has 1 fully saturated rings. The molecule has 0 unspecified atom stereocenters. The van der Waals surface area contributed by atoms with E-state index in [1.807, 2.05) is 14.1 Å². The summed E-state index contributed by atoms with van der Waals surface area (Å²) >= 11 is 0. The fourth-order valence-electron chi connectivity index (χ4n) is 2.23. The molecule has 0 aromatic rings. The smallest absolute Gasteiger partial charge is 0.304 e. The Hall–Kier alpha value is -0.660. The number of piperidine rings is 1. The Morgan fingerprint density at radius 3 is 2.33 bits per heavy atom. The Morgan fingerprint density at radius 2 is 1.89 bits per heavy atom. The third kappa shape index (κ3) is 4.91. The maximum absolute atomic E-state index is 11.9. The Kier molecular flexibility index (Phi) is 5.55. The lowest BCUT2D eigenvalue weighted by molar-refractivity contribution is -0.136. The van der Waals surface area contributed by atoms with Crippen molar-refractivity contribution in [2.45, 2.75) is 19.3 Å². The molecule has 0 saturated carbocycles. The molecule has 0 spiro atoms. The number of carboxylic acid groups (broad SMARTS) is 1. The monoisotopic (exact) mass is 278 g/mol. The summed E-state index contributed by atoms with van der Waals surface area (Å²) in [6, 6.07) is 0. The van der Waals surface area contributed by atoms with Crippen molar-refractivity contribution in [3.63, 3.8) is 0 Å². The molecular weight excluding hydrogens is 256 g/mol. The highest BCUT2D eigenvalue weighted by Crippen LogP contribution is 2.20. The first-order valence-electron chi connectivity index (χ1n) is 6.15. The van der Waals surface area contributed by atoms with Crippen LogP contribution in [0.2, 0.25) is 0 Å². The summed E-state index contributed by atoms with van der Waals surface area (Å²) in [4.78, 5) is 12.5. The molecule has 0 aliphatic carbocycles. The molecule has 1 aliphatic rings. The second kappa shape index (κ2) is 6.49. The Morgan fingerprint density at radius 1 is 1.33 bits per heavy atom. The first-order chi connectivity index (χ1) is 8.31. The molecule has 1 rings (SSSR count). The van der Waals surface area contributed by atoms with Gasteiger partial charge in [-0.25, -0.2) is 12.7 Å². The van der Waals surface area contributed by atoms with Gasteiger partial charge in [-0.2, -0.15) is 0 Å². The molecule has 0 radical (unpaired) electrons. The van der Waals surface area contributed by atoms with Crippen LogP contribution in [0.4, 0.5) is 0 Å². The van der Waals surface area contributed by atoms with E-state index >= 15 is 0 Å². The van der Waals surface area contributed by atoms with Gasteiger partial charge in [0.25, 0.3) is 0 Å². The molecule has 0 aromatic heterocycles. The van der Waals surface area contributed by atoms with Gasteiger partial charge in [-0.3, -0.25) is 4.79 Å². The van der Waals surface area contributed by atoms with Gasteiger partial charge in [-0.05, 0) is 32.9 Å². The number of carboxylic acids is 1. The van der Waals surface area contributed by atoms with E-state index in [2.05, 4.69) is 4.90 Å². The average molecular weight is 278 g/mol. The minimum atomic E-state index is -3.39. The quantitative estimate of drug-likeness (QED) is 0.743. The van der Waals surface area contributed by atoms with Crippen molar-refractivity contribution in [2.75, 3.05) is 39.5 Å². The van der Waals surface area contributed by atoms with E-state index in [0.29, 0.717) is 19.0 Å². The van der Waals surface area contributed by atoms with E-state index in [-0.39, 0.29) is 12.2 Å². The van der Waals surface area contributed by atoms with Crippen LogP contribution < -0.4 is 0 Å². The van der Waals surface area contributed by atoms with Gasteiger partial charge in [0.15, 0.2) is 0 Å². The lowest BCUT2D eigenvalue weighted by Crippen LogP contribution is -2.41. The summed E-state index contributed by atoms with van der Waals surface area (Å²) in [5, 5.41) is 8.53. The molecule has 106 valence electrons. The van der Waals surface area contributed by atoms with E-state index in [1.165, 1.54) is 4.31 Å². The molecule has 0 amide bonds. The topological polar surface area (TPSA) is 77.9 Å². The lowest BCUT2D eigenvalue weighted by Gasteiger charge is -2.32. The molecule has 0 aromatic carbocycles. The number of nitrogens with zero attached hydrogens (tertiary/aromatic N) is 2. The van der Waals surface area contributed by atoms with Gasteiger partial charge in [0, 0.05) is 19.6 Å². The van der Waals surface area contributed by atoms with Crippen molar-refractivity contribution in [1.82, 2.24) is 9.21 Å². The SMILES string of the molecule is CN(C)CC1CCN(S(=O)(=O)CCC(=O)O)CC1. The van der Waals surface area contributed by atoms with Crippen molar-refractivity contribution in [1.29, 1.82) is 0 Å². The minimum absolute atomic E-state index is 0.291. The highest BCUT2D eigenvalue weighted by atomic mass is 32.2. The minimum Gasteiger partial charge on any atom is -0.481 e. The fraction of sp³-hybridized carbons (Fsp3) is 0.909. The first kappa shape index (κ1) is 15.4. The molecular formula is C11H22N2O4S. The highest BCUT2D eigenvalue weighted by Gasteiger charge is 2.28. The number of carbonyl (C=O) groups is 1. The van der Waals surface area contributed by atoms with Crippen LogP contribution in [0, 0.1) is 5.92 Å². The van der Waals surface area contributed by atoms with Gasteiger partial charge in [-0.1, -0.05) is 0 Å². The van der Waals surface area contributed by atoms with E-state index in [1.54, 1.807) is 0 Å². The van der Waals surface area contributed by atoms with Gasteiger partial charge < -0.3 is 10.0 Å². The van der Waals surface area contributed by atoms with E-state index in [9.17, 15) is 13.2 Å². The molecule has 7 heteroatoms. The van der Waals surface area contributed by atoms with E-state index in [0.717, 1.165) is 19.4 Å². The summed E-state index contributed by atoms with van der Waals surface area (Å²) in [5.41, 5.74) is 0. The molecule has 18 heavy (non-hydrogen) atoms. The standard InChI is InChI=1S/C11H22N2O4S/c1-12(2)9-10-3-6-13(7-4-10)18(16,17)8-5-11(14)15/h10H,3-9H2,1-2H3,(H,14,15). The molecule has 0 bridgehead atoms. The van der Waals surface area contributed by atoms with Gasteiger partial charge in [0.05, 0.1) is 12.2 Å².